The molecule has 0 aliphatic carbocycles. The number of nitrogens with two attached hydrogens (primary N) is 1. The summed E-state index contributed by atoms with van der Waals surface area (Å²) in [5.41, 5.74) is 7.05. The van der Waals surface area contributed by atoms with Crippen LogP contribution >= 0.6 is 11.8 Å². The van der Waals surface area contributed by atoms with E-state index in [2.05, 4.69) is 45.0 Å². The summed E-state index contributed by atoms with van der Waals surface area (Å²) in [6, 6.07) is 10.1. The fraction of sp³-hybridized carbons (Fsp3) is 0.462. The standard InChI is InChI=1S/C13H18N2S/c1-13(2,3)10-4-6-12(7-5-10)16-9-11(15)8-14/h4-7,11H,9,15H2,1-3H3. The predicted octanol–water partition coefficient (Wildman–Crippen LogP) is 2.93. The van der Waals surface area contributed by atoms with E-state index in [9.17, 15) is 0 Å². The lowest BCUT2D eigenvalue weighted by molar-refractivity contribution is 0.590. The van der Waals surface area contributed by atoms with Crippen LogP contribution in [0.4, 0.5) is 0 Å². The summed E-state index contributed by atoms with van der Waals surface area (Å²) in [4.78, 5) is 1.17. The maximum Gasteiger partial charge on any atom is 0.102 e. The van der Waals surface area contributed by atoms with E-state index in [1.807, 2.05) is 6.07 Å². The van der Waals surface area contributed by atoms with E-state index in [-0.39, 0.29) is 11.5 Å². The molecule has 1 atom stereocenters. The Balaban J connectivity index is 2.63. The summed E-state index contributed by atoms with van der Waals surface area (Å²) in [7, 11) is 0. The number of hydrogen-bond acceptors (Lipinski definition) is 3. The first-order valence-corrected chi connectivity index (χ1v) is 6.30. The van der Waals surface area contributed by atoms with Gasteiger partial charge in [-0.3, -0.25) is 0 Å². The third-order valence-corrected chi connectivity index (χ3v) is 3.45. The highest BCUT2D eigenvalue weighted by molar-refractivity contribution is 7.99. The van der Waals surface area contributed by atoms with E-state index in [4.69, 9.17) is 11.0 Å². The first kappa shape index (κ1) is 13.1. The van der Waals surface area contributed by atoms with E-state index in [0.29, 0.717) is 5.75 Å². The van der Waals surface area contributed by atoms with Gasteiger partial charge in [0, 0.05) is 10.6 Å². The number of benzene rings is 1. The molecule has 0 saturated heterocycles. The third-order valence-electron chi connectivity index (χ3n) is 2.32. The van der Waals surface area contributed by atoms with Gasteiger partial charge in [0.2, 0.25) is 0 Å². The highest BCUT2D eigenvalue weighted by atomic mass is 32.2. The fourth-order valence-electron chi connectivity index (χ4n) is 1.27. The second-order valence-electron chi connectivity index (χ2n) is 4.82. The number of hydrogen-bond donors (Lipinski definition) is 1. The molecule has 0 radical (unpaired) electrons. The van der Waals surface area contributed by atoms with Gasteiger partial charge in [0.1, 0.15) is 6.04 Å². The van der Waals surface area contributed by atoms with Gasteiger partial charge in [-0.25, -0.2) is 0 Å². The Morgan fingerprint density at radius 1 is 1.31 bits per heavy atom. The average Bonchev–Trinajstić information content (AvgIpc) is 2.25. The highest BCUT2D eigenvalue weighted by Gasteiger charge is 2.12. The second-order valence-corrected chi connectivity index (χ2v) is 5.91. The summed E-state index contributed by atoms with van der Waals surface area (Å²) < 4.78 is 0. The van der Waals surface area contributed by atoms with Crippen molar-refractivity contribution >= 4 is 11.8 Å². The van der Waals surface area contributed by atoms with Gasteiger partial charge >= 0.3 is 0 Å². The molecule has 86 valence electrons. The van der Waals surface area contributed by atoms with E-state index in [1.165, 1.54) is 10.5 Å². The lowest BCUT2D eigenvalue weighted by Gasteiger charge is -2.19. The van der Waals surface area contributed by atoms with Crippen LogP contribution in [-0.2, 0) is 5.41 Å². The summed E-state index contributed by atoms with van der Waals surface area (Å²) >= 11 is 1.62. The zero-order valence-electron chi connectivity index (χ0n) is 10.0. The molecule has 1 aromatic carbocycles. The minimum Gasteiger partial charge on any atom is -0.315 e. The molecule has 0 aliphatic rings. The minimum atomic E-state index is -0.382. The monoisotopic (exact) mass is 234 g/mol. The van der Waals surface area contributed by atoms with Crippen molar-refractivity contribution < 1.29 is 0 Å². The van der Waals surface area contributed by atoms with Crippen LogP contribution in [0.3, 0.4) is 0 Å². The van der Waals surface area contributed by atoms with Gasteiger partial charge in [0.05, 0.1) is 6.07 Å². The van der Waals surface area contributed by atoms with Crippen LogP contribution in [0.1, 0.15) is 26.3 Å². The topological polar surface area (TPSA) is 49.8 Å². The Morgan fingerprint density at radius 3 is 2.31 bits per heavy atom. The zero-order valence-corrected chi connectivity index (χ0v) is 10.8. The molecule has 0 spiro atoms. The Kier molecular flexibility index (Phi) is 4.40. The number of rotatable bonds is 3. The van der Waals surface area contributed by atoms with Crippen LogP contribution in [0.25, 0.3) is 0 Å². The van der Waals surface area contributed by atoms with Crippen LogP contribution in [0, 0.1) is 11.3 Å². The van der Waals surface area contributed by atoms with Crippen molar-refractivity contribution in [2.24, 2.45) is 5.73 Å². The lowest BCUT2D eigenvalue weighted by Crippen LogP contribution is -2.19. The van der Waals surface area contributed by atoms with Crippen LogP contribution in [0.2, 0.25) is 0 Å². The van der Waals surface area contributed by atoms with Gasteiger partial charge < -0.3 is 5.73 Å². The minimum absolute atomic E-state index is 0.187. The van der Waals surface area contributed by atoms with Crippen LogP contribution < -0.4 is 5.73 Å². The lowest BCUT2D eigenvalue weighted by atomic mass is 9.87. The van der Waals surface area contributed by atoms with Crippen molar-refractivity contribution in [1.82, 2.24) is 0 Å². The van der Waals surface area contributed by atoms with Gasteiger partial charge in [-0.1, -0.05) is 32.9 Å². The molecule has 0 aromatic heterocycles. The first-order chi connectivity index (χ1) is 7.43. The van der Waals surface area contributed by atoms with E-state index < -0.39 is 0 Å². The normalized spacial score (nSPS) is 13.2. The van der Waals surface area contributed by atoms with Gasteiger partial charge in [-0.2, -0.15) is 5.26 Å². The number of thioether (sulfide) groups is 1. The number of nitrogens with zero attached hydrogens (tertiary/aromatic N) is 1. The highest BCUT2D eigenvalue weighted by Crippen LogP contribution is 2.25. The fourth-order valence-corrected chi connectivity index (χ4v) is 2.05. The quantitative estimate of drug-likeness (QED) is 0.818. The Morgan fingerprint density at radius 2 is 1.88 bits per heavy atom. The first-order valence-electron chi connectivity index (χ1n) is 5.32. The molecule has 0 amide bonds. The van der Waals surface area contributed by atoms with E-state index in [1.54, 1.807) is 11.8 Å². The van der Waals surface area contributed by atoms with Crippen molar-refractivity contribution in [3.8, 4) is 6.07 Å². The molecule has 16 heavy (non-hydrogen) atoms. The SMILES string of the molecule is CC(C)(C)c1ccc(SCC(N)C#N)cc1. The van der Waals surface area contributed by atoms with Gasteiger partial charge in [-0.15, -0.1) is 11.8 Å². The zero-order chi connectivity index (χ0) is 12.2. The van der Waals surface area contributed by atoms with Crippen molar-refractivity contribution in [1.29, 1.82) is 5.26 Å². The smallest absolute Gasteiger partial charge is 0.102 e. The van der Waals surface area contributed by atoms with E-state index >= 15 is 0 Å². The summed E-state index contributed by atoms with van der Waals surface area (Å²) in [5.74, 6) is 0.644. The van der Waals surface area contributed by atoms with Crippen molar-refractivity contribution in [3.63, 3.8) is 0 Å². The molecule has 1 unspecified atom stereocenters. The van der Waals surface area contributed by atoms with Crippen LogP contribution in [-0.4, -0.2) is 11.8 Å². The third kappa shape index (κ3) is 3.88. The second kappa shape index (κ2) is 5.38. The molecule has 0 saturated carbocycles. The molecule has 2 nitrogen and oxygen atoms in total. The van der Waals surface area contributed by atoms with Gasteiger partial charge in [0.25, 0.3) is 0 Å². The van der Waals surface area contributed by atoms with Crippen molar-refractivity contribution in [2.75, 3.05) is 5.75 Å². The van der Waals surface area contributed by atoms with Crippen LogP contribution in [0.5, 0.6) is 0 Å². The van der Waals surface area contributed by atoms with Crippen molar-refractivity contribution in [3.05, 3.63) is 29.8 Å². The molecular weight excluding hydrogens is 216 g/mol. The maximum atomic E-state index is 8.58. The molecule has 3 heteroatoms. The summed E-state index contributed by atoms with van der Waals surface area (Å²) in [5, 5.41) is 8.58. The maximum absolute atomic E-state index is 8.58. The molecule has 2 N–H and O–H groups in total. The Labute approximate surface area is 102 Å². The molecule has 0 heterocycles. The Hall–Kier alpha value is -0.980. The summed E-state index contributed by atoms with van der Waals surface area (Å²) in [6.45, 7) is 6.59. The van der Waals surface area contributed by atoms with Gasteiger partial charge in [-0.05, 0) is 23.1 Å². The Bertz CT molecular complexity index is 370. The largest absolute Gasteiger partial charge is 0.315 e. The molecule has 0 fully saturated rings. The number of nitriles is 1. The molecule has 0 bridgehead atoms. The van der Waals surface area contributed by atoms with Gasteiger partial charge in [0.15, 0.2) is 0 Å². The molecule has 1 rings (SSSR count). The molecular formula is C13H18N2S. The average molecular weight is 234 g/mol. The van der Waals surface area contributed by atoms with Crippen LogP contribution in [0.15, 0.2) is 29.2 Å². The molecule has 0 aliphatic heterocycles. The predicted molar refractivity (Wildman–Crippen MR) is 69.5 cm³/mol. The molecule has 1 aromatic rings. The van der Waals surface area contributed by atoms with Crippen molar-refractivity contribution in [2.45, 2.75) is 37.1 Å². The summed E-state index contributed by atoms with van der Waals surface area (Å²) in [6.07, 6.45) is 0. The van der Waals surface area contributed by atoms with E-state index in [0.717, 1.165) is 0 Å².